The molecule has 1 heterocycles. The van der Waals surface area contributed by atoms with Crippen LogP contribution >= 0.6 is 0 Å². The molecule has 26 heavy (non-hydrogen) atoms. The average molecular weight is 364 g/mol. The summed E-state index contributed by atoms with van der Waals surface area (Å²) in [7, 11) is 0. The number of anilines is 2. The molecule has 0 aliphatic rings. The van der Waals surface area contributed by atoms with E-state index in [-0.39, 0.29) is 0 Å². The molecule has 0 saturated carbocycles. The molecule has 0 aromatic carbocycles. The number of nitrogens with one attached hydrogen (secondary N) is 2. The highest BCUT2D eigenvalue weighted by Crippen LogP contribution is 2.12. The van der Waals surface area contributed by atoms with Crippen LogP contribution in [0.25, 0.3) is 0 Å². The second-order valence-corrected chi connectivity index (χ2v) is 6.97. The number of hydrogen-bond acceptors (Lipinski definition) is 5. The molecule has 0 unspecified atom stereocenters. The van der Waals surface area contributed by atoms with Crippen molar-refractivity contribution >= 4 is 11.8 Å². The lowest BCUT2D eigenvalue weighted by molar-refractivity contribution is 0.303. The summed E-state index contributed by atoms with van der Waals surface area (Å²) in [6, 6.07) is 2.10. The summed E-state index contributed by atoms with van der Waals surface area (Å²) in [5.41, 5.74) is 1.13. The maximum atomic E-state index is 4.67. The number of rotatable bonds is 16. The average Bonchev–Trinajstić information content (AvgIpc) is 2.65. The Kier molecular flexibility index (Phi) is 12.9. The highest BCUT2D eigenvalue weighted by Gasteiger charge is 2.05. The van der Waals surface area contributed by atoms with Gasteiger partial charge in [0.2, 0.25) is 5.95 Å². The first-order chi connectivity index (χ1) is 12.7. The van der Waals surface area contributed by atoms with Gasteiger partial charge in [-0.3, -0.25) is 0 Å². The lowest BCUT2D eigenvalue weighted by atomic mass is 10.1. The van der Waals surface area contributed by atoms with Crippen molar-refractivity contribution in [2.24, 2.45) is 0 Å². The molecule has 0 aliphatic heterocycles. The quantitative estimate of drug-likeness (QED) is 0.407. The predicted octanol–water partition coefficient (Wildman–Crippen LogP) is 4.96. The van der Waals surface area contributed by atoms with E-state index in [4.69, 9.17) is 0 Å². The van der Waals surface area contributed by atoms with Crippen molar-refractivity contribution in [3.05, 3.63) is 11.8 Å². The smallest absolute Gasteiger partial charge is 0.224 e. The molecule has 0 atom stereocenters. The standard InChI is InChI=1S/C21H41N5/c1-5-9-10-11-12-15-23-21-24-19(14-6-2)18-20(25-21)22-16-13-17-26(7-3)8-4/h18H,5-17H2,1-4H3,(H2,22,23,24,25). The van der Waals surface area contributed by atoms with Gasteiger partial charge in [0, 0.05) is 24.8 Å². The highest BCUT2D eigenvalue weighted by molar-refractivity contribution is 5.42. The van der Waals surface area contributed by atoms with E-state index in [1.807, 2.05) is 0 Å². The molecule has 5 heteroatoms. The molecular weight excluding hydrogens is 322 g/mol. The fourth-order valence-corrected chi connectivity index (χ4v) is 3.04. The normalized spacial score (nSPS) is 11.1. The third-order valence-electron chi connectivity index (χ3n) is 4.70. The first-order valence-corrected chi connectivity index (χ1v) is 10.8. The molecule has 0 amide bonds. The van der Waals surface area contributed by atoms with E-state index in [9.17, 15) is 0 Å². The van der Waals surface area contributed by atoms with Gasteiger partial charge < -0.3 is 15.5 Å². The fraction of sp³-hybridized carbons (Fsp3) is 0.810. The van der Waals surface area contributed by atoms with Crippen molar-refractivity contribution in [3.8, 4) is 0 Å². The summed E-state index contributed by atoms with van der Waals surface area (Å²) in [5, 5.41) is 6.91. The Morgan fingerprint density at radius 2 is 1.54 bits per heavy atom. The molecule has 2 N–H and O–H groups in total. The molecule has 1 aromatic rings. The van der Waals surface area contributed by atoms with Gasteiger partial charge >= 0.3 is 0 Å². The first-order valence-electron chi connectivity index (χ1n) is 10.8. The molecule has 0 saturated heterocycles. The summed E-state index contributed by atoms with van der Waals surface area (Å²) >= 11 is 0. The van der Waals surface area contributed by atoms with Gasteiger partial charge in [0.1, 0.15) is 5.82 Å². The van der Waals surface area contributed by atoms with E-state index in [0.29, 0.717) is 0 Å². The van der Waals surface area contributed by atoms with Crippen LogP contribution in [0.2, 0.25) is 0 Å². The van der Waals surface area contributed by atoms with Gasteiger partial charge in [-0.05, 0) is 38.9 Å². The van der Waals surface area contributed by atoms with Crippen molar-refractivity contribution in [1.82, 2.24) is 14.9 Å². The minimum Gasteiger partial charge on any atom is -0.370 e. The number of aryl methyl sites for hydroxylation is 1. The van der Waals surface area contributed by atoms with Crippen LogP contribution in [-0.4, -0.2) is 47.6 Å². The summed E-state index contributed by atoms with van der Waals surface area (Å²) in [6.07, 6.45) is 9.67. The van der Waals surface area contributed by atoms with Crippen LogP contribution in [0.15, 0.2) is 6.07 Å². The van der Waals surface area contributed by atoms with Crippen molar-refractivity contribution in [3.63, 3.8) is 0 Å². The molecule has 0 bridgehead atoms. The van der Waals surface area contributed by atoms with Crippen LogP contribution in [-0.2, 0) is 6.42 Å². The van der Waals surface area contributed by atoms with E-state index in [0.717, 1.165) is 69.4 Å². The van der Waals surface area contributed by atoms with Gasteiger partial charge in [0.05, 0.1) is 0 Å². The summed E-state index contributed by atoms with van der Waals surface area (Å²) < 4.78 is 0. The van der Waals surface area contributed by atoms with Crippen LogP contribution in [0, 0.1) is 0 Å². The summed E-state index contributed by atoms with van der Waals surface area (Å²) in [6.45, 7) is 14.2. The molecule has 0 radical (unpaired) electrons. The van der Waals surface area contributed by atoms with Gasteiger partial charge in [-0.15, -0.1) is 0 Å². The maximum Gasteiger partial charge on any atom is 0.224 e. The summed E-state index contributed by atoms with van der Waals surface area (Å²) in [5.74, 6) is 1.73. The molecule has 0 spiro atoms. The van der Waals surface area contributed by atoms with Crippen molar-refractivity contribution in [1.29, 1.82) is 0 Å². The zero-order chi connectivity index (χ0) is 19.0. The van der Waals surface area contributed by atoms with Crippen LogP contribution in [0.3, 0.4) is 0 Å². The number of nitrogens with zero attached hydrogens (tertiary/aromatic N) is 3. The van der Waals surface area contributed by atoms with Gasteiger partial charge in [-0.2, -0.15) is 4.98 Å². The second kappa shape index (κ2) is 14.8. The minimum absolute atomic E-state index is 0.776. The van der Waals surface area contributed by atoms with Gasteiger partial charge in [0.25, 0.3) is 0 Å². The lowest BCUT2D eigenvalue weighted by Crippen LogP contribution is -2.25. The fourth-order valence-electron chi connectivity index (χ4n) is 3.04. The molecule has 1 aromatic heterocycles. The van der Waals surface area contributed by atoms with E-state index in [1.54, 1.807) is 0 Å². The van der Waals surface area contributed by atoms with E-state index in [1.165, 1.54) is 32.1 Å². The van der Waals surface area contributed by atoms with E-state index in [2.05, 4.69) is 59.3 Å². The van der Waals surface area contributed by atoms with Crippen LogP contribution in [0.5, 0.6) is 0 Å². The number of unbranched alkanes of at least 4 members (excludes halogenated alkanes) is 4. The molecule has 5 nitrogen and oxygen atoms in total. The molecule has 1 rings (SSSR count). The lowest BCUT2D eigenvalue weighted by Gasteiger charge is -2.18. The summed E-state index contributed by atoms with van der Waals surface area (Å²) in [4.78, 5) is 11.8. The zero-order valence-corrected chi connectivity index (χ0v) is 17.6. The van der Waals surface area contributed by atoms with Crippen molar-refractivity contribution < 1.29 is 0 Å². The van der Waals surface area contributed by atoms with Crippen LogP contribution < -0.4 is 10.6 Å². The Morgan fingerprint density at radius 3 is 2.23 bits per heavy atom. The Morgan fingerprint density at radius 1 is 0.808 bits per heavy atom. The maximum absolute atomic E-state index is 4.67. The van der Waals surface area contributed by atoms with Gasteiger partial charge in [-0.25, -0.2) is 4.98 Å². The van der Waals surface area contributed by atoms with Gasteiger partial charge in [-0.1, -0.05) is 59.8 Å². The van der Waals surface area contributed by atoms with E-state index < -0.39 is 0 Å². The van der Waals surface area contributed by atoms with Crippen LogP contribution in [0.4, 0.5) is 11.8 Å². The Labute approximate surface area is 161 Å². The van der Waals surface area contributed by atoms with Gasteiger partial charge in [0.15, 0.2) is 0 Å². The third-order valence-corrected chi connectivity index (χ3v) is 4.70. The van der Waals surface area contributed by atoms with Crippen molar-refractivity contribution in [2.45, 2.75) is 79.1 Å². The van der Waals surface area contributed by atoms with Crippen molar-refractivity contribution in [2.75, 3.05) is 43.4 Å². The topological polar surface area (TPSA) is 53.1 Å². The number of aromatic nitrogens is 2. The molecule has 0 aliphatic carbocycles. The van der Waals surface area contributed by atoms with E-state index >= 15 is 0 Å². The first kappa shape index (κ1) is 22.7. The Balaban J connectivity index is 2.46. The zero-order valence-electron chi connectivity index (χ0n) is 17.6. The second-order valence-electron chi connectivity index (χ2n) is 6.97. The largest absolute Gasteiger partial charge is 0.370 e. The third kappa shape index (κ3) is 9.95. The monoisotopic (exact) mass is 363 g/mol. The molecule has 150 valence electrons. The predicted molar refractivity (Wildman–Crippen MR) is 114 cm³/mol. The molecule has 0 fully saturated rings. The Bertz CT molecular complexity index is 460. The number of hydrogen-bond donors (Lipinski definition) is 2. The SMILES string of the molecule is CCCCCCCNc1nc(CCC)cc(NCCCN(CC)CC)n1. The Hall–Kier alpha value is -1.36. The van der Waals surface area contributed by atoms with Crippen LogP contribution in [0.1, 0.15) is 78.3 Å². The minimum atomic E-state index is 0.776. The molecular formula is C21H41N5. The highest BCUT2D eigenvalue weighted by atomic mass is 15.1.